The summed E-state index contributed by atoms with van der Waals surface area (Å²) in [7, 11) is 0. The van der Waals surface area contributed by atoms with Gasteiger partial charge in [0.1, 0.15) is 0 Å². The molecule has 0 unspecified atom stereocenters. The third kappa shape index (κ3) is 11.1. The lowest BCUT2D eigenvalue weighted by Gasteiger charge is -2.06. The number of hydrogen-bond donors (Lipinski definition) is 0. The zero-order valence-electron chi connectivity index (χ0n) is 10.3. The van der Waals surface area contributed by atoms with Gasteiger partial charge in [-0.25, -0.2) is 0 Å². The minimum absolute atomic E-state index is 0.0624. The van der Waals surface area contributed by atoms with Crippen LogP contribution in [0.4, 0.5) is 0 Å². The molecule has 0 radical (unpaired) electrons. The zero-order valence-corrected chi connectivity index (χ0v) is 10.3. The fraction of sp³-hybridized carbons (Fsp3) is 0.769. The van der Waals surface area contributed by atoms with Gasteiger partial charge in [0.2, 0.25) is 0 Å². The third-order valence-corrected chi connectivity index (χ3v) is 1.95. The van der Waals surface area contributed by atoms with E-state index in [-0.39, 0.29) is 5.97 Å². The zero-order chi connectivity index (χ0) is 11.5. The van der Waals surface area contributed by atoms with E-state index in [0.29, 0.717) is 18.9 Å². The maximum atomic E-state index is 11.2. The van der Waals surface area contributed by atoms with Crippen LogP contribution < -0.4 is 0 Å². The Morgan fingerprint density at radius 2 is 1.93 bits per heavy atom. The van der Waals surface area contributed by atoms with Crippen LogP contribution in [0.3, 0.4) is 0 Å². The highest BCUT2D eigenvalue weighted by molar-refractivity contribution is 5.69. The van der Waals surface area contributed by atoms with E-state index in [2.05, 4.69) is 19.1 Å². The molecule has 0 N–H and O–H groups in total. The molecule has 0 spiro atoms. The van der Waals surface area contributed by atoms with E-state index in [9.17, 15) is 4.79 Å². The molecule has 0 aromatic heterocycles. The summed E-state index contributed by atoms with van der Waals surface area (Å²) in [6.07, 6.45) is 9.08. The topological polar surface area (TPSA) is 26.3 Å². The molecule has 0 rings (SSSR count). The lowest BCUT2D eigenvalue weighted by Crippen LogP contribution is -2.09. The normalized spacial score (nSPS) is 11.2. The molecule has 0 atom stereocenters. The summed E-state index contributed by atoms with van der Waals surface area (Å²) >= 11 is 0. The van der Waals surface area contributed by atoms with E-state index < -0.39 is 0 Å². The smallest absolute Gasteiger partial charge is 0.305 e. The van der Waals surface area contributed by atoms with Crippen LogP contribution in [0.1, 0.15) is 52.9 Å². The first kappa shape index (κ1) is 14.2. The van der Waals surface area contributed by atoms with Crippen LogP contribution in [-0.4, -0.2) is 12.6 Å². The van der Waals surface area contributed by atoms with Crippen LogP contribution in [-0.2, 0) is 9.53 Å². The highest BCUT2D eigenvalue weighted by atomic mass is 16.5. The summed E-state index contributed by atoms with van der Waals surface area (Å²) in [5.41, 5.74) is 0. The summed E-state index contributed by atoms with van der Waals surface area (Å²) in [6.45, 7) is 6.79. The van der Waals surface area contributed by atoms with Crippen LogP contribution in [0.2, 0.25) is 0 Å². The Balaban J connectivity index is 3.31. The Labute approximate surface area is 93.7 Å². The van der Waals surface area contributed by atoms with Crippen LogP contribution >= 0.6 is 0 Å². The van der Waals surface area contributed by atoms with Gasteiger partial charge in [0.05, 0.1) is 6.61 Å². The SMILES string of the molecule is CCCC=CCCCC(=O)OCC(C)C. The van der Waals surface area contributed by atoms with Gasteiger partial charge < -0.3 is 4.74 Å². The number of hydrogen-bond acceptors (Lipinski definition) is 2. The predicted octanol–water partition coefficient (Wildman–Crippen LogP) is 3.71. The van der Waals surface area contributed by atoms with E-state index in [0.717, 1.165) is 19.3 Å². The number of rotatable bonds is 8. The van der Waals surface area contributed by atoms with Crippen molar-refractivity contribution >= 4 is 5.97 Å². The van der Waals surface area contributed by atoms with Gasteiger partial charge in [-0.1, -0.05) is 39.3 Å². The Morgan fingerprint density at radius 1 is 1.27 bits per heavy atom. The molecule has 2 heteroatoms. The van der Waals surface area contributed by atoms with Crippen molar-refractivity contribution in [2.24, 2.45) is 5.92 Å². The van der Waals surface area contributed by atoms with Gasteiger partial charge >= 0.3 is 5.97 Å². The Kier molecular flexibility index (Phi) is 9.24. The summed E-state index contributed by atoms with van der Waals surface area (Å²) in [4.78, 5) is 11.2. The number of carbonyl (C=O) groups excluding carboxylic acids is 1. The molecule has 0 bridgehead atoms. The van der Waals surface area contributed by atoms with Crippen molar-refractivity contribution < 1.29 is 9.53 Å². The van der Waals surface area contributed by atoms with Gasteiger partial charge in [-0.3, -0.25) is 4.79 Å². The number of esters is 1. The highest BCUT2D eigenvalue weighted by Crippen LogP contribution is 2.02. The molecule has 0 saturated heterocycles. The molecular weight excluding hydrogens is 188 g/mol. The van der Waals surface area contributed by atoms with Crippen molar-refractivity contribution in [1.29, 1.82) is 0 Å². The van der Waals surface area contributed by atoms with E-state index in [4.69, 9.17) is 4.74 Å². The lowest BCUT2D eigenvalue weighted by atomic mass is 10.2. The summed E-state index contributed by atoms with van der Waals surface area (Å²) in [6, 6.07) is 0. The maximum Gasteiger partial charge on any atom is 0.305 e. The van der Waals surface area contributed by atoms with Crippen molar-refractivity contribution in [3.63, 3.8) is 0 Å². The highest BCUT2D eigenvalue weighted by Gasteiger charge is 2.02. The summed E-state index contributed by atoms with van der Waals surface area (Å²) in [5.74, 6) is 0.367. The monoisotopic (exact) mass is 212 g/mol. The largest absolute Gasteiger partial charge is 0.465 e. The van der Waals surface area contributed by atoms with E-state index in [1.54, 1.807) is 0 Å². The van der Waals surface area contributed by atoms with E-state index in [1.165, 1.54) is 6.42 Å². The number of ether oxygens (including phenoxy) is 1. The van der Waals surface area contributed by atoms with Gasteiger partial charge in [0, 0.05) is 6.42 Å². The first-order chi connectivity index (χ1) is 7.16. The minimum atomic E-state index is -0.0624. The van der Waals surface area contributed by atoms with Crippen LogP contribution in [0.25, 0.3) is 0 Å². The molecular formula is C13H24O2. The van der Waals surface area contributed by atoms with Crippen molar-refractivity contribution in [3.8, 4) is 0 Å². The molecule has 15 heavy (non-hydrogen) atoms. The second-order valence-electron chi connectivity index (χ2n) is 4.23. The standard InChI is InChI=1S/C13H24O2/c1-4-5-6-7-8-9-10-13(14)15-11-12(2)3/h6-7,12H,4-5,8-11H2,1-3H3. The molecule has 0 aliphatic rings. The second-order valence-corrected chi connectivity index (χ2v) is 4.23. The maximum absolute atomic E-state index is 11.2. The van der Waals surface area contributed by atoms with Gasteiger partial charge in [-0.15, -0.1) is 0 Å². The number of unbranched alkanes of at least 4 members (excludes halogenated alkanes) is 2. The van der Waals surface area contributed by atoms with Crippen molar-refractivity contribution in [1.82, 2.24) is 0 Å². The summed E-state index contributed by atoms with van der Waals surface area (Å²) in [5, 5.41) is 0. The fourth-order valence-corrected chi connectivity index (χ4v) is 1.10. The average Bonchev–Trinajstić information content (AvgIpc) is 2.20. The van der Waals surface area contributed by atoms with Crippen LogP contribution in [0, 0.1) is 5.92 Å². The fourth-order valence-electron chi connectivity index (χ4n) is 1.10. The molecule has 0 aromatic rings. The van der Waals surface area contributed by atoms with E-state index >= 15 is 0 Å². The first-order valence-corrected chi connectivity index (χ1v) is 5.97. The Morgan fingerprint density at radius 3 is 2.53 bits per heavy atom. The molecule has 0 amide bonds. The van der Waals surface area contributed by atoms with Crippen LogP contribution in [0.15, 0.2) is 12.2 Å². The Hall–Kier alpha value is -0.790. The van der Waals surface area contributed by atoms with Crippen molar-refractivity contribution in [3.05, 3.63) is 12.2 Å². The van der Waals surface area contributed by atoms with Crippen LogP contribution in [0.5, 0.6) is 0 Å². The summed E-state index contributed by atoms with van der Waals surface area (Å²) < 4.78 is 5.07. The van der Waals surface area contributed by atoms with Gasteiger partial charge in [0.15, 0.2) is 0 Å². The molecule has 0 aromatic carbocycles. The quantitative estimate of drug-likeness (QED) is 0.348. The molecule has 88 valence electrons. The molecule has 0 fully saturated rings. The second kappa shape index (κ2) is 9.75. The van der Waals surface area contributed by atoms with Gasteiger partial charge in [-0.2, -0.15) is 0 Å². The van der Waals surface area contributed by atoms with Gasteiger partial charge in [0.25, 0.3) is 0 Å². The van der Waals surface area contributed by atoms with E-state index in [1.807, 2.05) is 13.8 Å². The Bertz CT molecular complexity index is 183. The predicted molar refractivity (Wildman–Crippen MR) is 63.7 cm³/mol. The average molecular weight is 212 g/mol. The molecule has 0 aliphatic heterocycles. The van der Waals surface area contributed by atoms with Crippen molar-refractivity contribution in [2.45, 2.75) is 52.9 Å². The molecule has 0 heterocycles. The van der Waals surface area contributed by atoms with Crippen molar-refractivity contribution in [2.75, 3.05) is 6.61 Å². The molecule has 2 nitrogen and oxygen atoms in total. The van der Waals surface area contributed by atoms with Gasteiger partial charge in [-0.05, 0) is 25.2 Å². The first-order valence-electron chi connectivity index (χ1n) is 5.97. The number of carbonyl (C=O) groups is 1. The minimum Gasteiger partial charge on any atom is -0.465 e. The number of allylic oxidation sites excluding steroid dienone is 2. The molecule has 0 aliphatic carbocycles. The third-order valence-electron chi connectivity index (χ3n) is 1.95. The lowest BCUT2D eigenvalue weighted by molar-refractivity contribution is -0.144. The molecule has 0 saturated carbocycles.